The van der Waals surface area contributed by atoms with Gasteiger partial charge in [-0.2, -0.15) is 0 Å². The molecule has 0 bridgehead atoms. The lowest BCUT2D eigenvalue weighted by atomic mass is 10.1. The average Bonchev–Trinajstić information content (AvgIpc) is 2.38. The number of nitrogens with one attached hydrogen (secondary N) is 1. The van der Waals surface area contributed by atoms with Crippen molar-refractivity contribution < 1.29 is 13.9 Å². The zero-order valence-corrected chi connectivity index (χ0v) is 10.4. The first-order chi connectivity index (χ1) is 8.30. The molecule has 1 N–H and O–H groups in total. The smallest absolute Gasteiger partial charge is 0.119 e. The summed E-state index contributed by atoms with van der Waals surface area (Å²) in [5.74, 6) is 0.842. The van der Waals surface area contributed by atoms with Gasteiger partial charge in [0.1, 0.15) is 12.4 Å². The molecule has 1 atom stereocenters. The van der Waals surface area contributed by atoms with Gasteiger partial charge < -0.3 is 14.8 Å². The molecule has 17 heavy (non-hydrogen) atoms. The van der Waals surface area contributed by atoms with E-state index in [-0.39, 0.29) is 12.8 Å². The summed E-state index contributed by atoms with van der Waals surface area (Å²) in [6.45, 7) is 0.672. The standard InChI is InChI=1S/C13H20FNO2/c1-16-12-5-3-4-11(8-12)9-13(17-2)10-15-7-6-14/h3-5,8,13,15H,6-7,9-10H2,1-2H3. The predicted octanol–water partition coefficient (Wildman–Crippen LogP) is 1.81. The molecule has 0 aliphatic heterocycles. The topological polar surface area (TPSA) is 30.5 Å². The number of halogens is 1. The summed E-state index contributed by atoms with van der Waals surface area (Å²) < 4.78 is 22.5. The Labute approximate surface area is 102 Å². The second-order valence-corrected chi connectivity index (χ2v) is 3.81. The highest BCUT2D eigenvalue weighted by atomic mass is 19.1. The lowest BCUT2D eigenvalue weighted by Gasteiger charge is -2.16. The Hall–Kier alpha value is -1.13. The molecule has 0 radical (unpaired) electrons. The number of rotatable bonds is 8. The van der Waals surface area contributed by atoms with Crippen LogP contribution in [0.5, 0.6) is 5.75 Å². The number of alkyl halides is 1. The maximum atomic E-state index is 12.0. The van der Waals surface area contributed by atoms with Gasteiger partial charge in [0.25, 0.3) is 0 Å². The molecule has 1 unspecified atom stereocenters. The minimum Gasteiger partial charge on any atom is -0.497 e. The molecule has 0 fully saturated rings. The van der Waals surface area contributed by atoms with E-state index >= 15 is 0 Å². The molecular formula is C13H20FNO2. The van der Waals surface area contributed by atoms with Crippen LogP contribution in [0, 0.1) is 0 Å². The van der Waals surface area contributed by atoms with Gasteiger partial charge >= 0.3 is 0 Å². The summed E-state index contributed by atoms with van der Waals surface area (Å²) in [7, 11) is 3.32. The monoisotopic (exact) mass is 241 g/mol. The van der Waals surface area contributed by atoms with E-state index in [1.165, 1.54) is 0 Å². The summed E-state index contributed by atoms with van der Waals surface area (Å²) in [5, 5.41) is 3.00. The summed E-state index contributed by atoms with van der Waals surface area (Å²) in [6.07, 6.45) is 0.834. The van der Waals surface area contributed by atoms with Crippen LogP contribution >= 0.6 is 0 Å². The molecule has 1 aromatic rings. The van der Waals surface area contributed by atoms with E-state index in [0.29, 0.717) is 13.1 Å². The van der Waals surface area contributed by atoms with Gasteiger partial charge in [-0.25, -0.2) is 4.39 Å². The number of benzene rings is 1. The van der Waals surface area contributed by atoms with Gasteiger partial charge in [-0.3, -0.25) is 0 Å². The molecular weight excluding hydrogens is 221 g/mol. The van der Waals surface area contributed by atoms with Gasteiger partial charge in [-0.15, -0.1) is 0 Å². The molecule has 3 nitrogen and oxygen atoms in total. The van der Waals surface area contributed by atoms with Crippen molar-refractivity contribution in [3.8, 4) is 5.75 Å². The lowest BCUT2D eigenvalue weighted by Crippen LogP contribution is -2.31. The highest BCUT2D eigenvalue weighted by molar-refractivity contribution is 5.28. The molecule has 0 aromatic heterocycles. The third-order valence-electron chi connectivity index (χ3n) is 2.57. The van der Waals surface area contributed by atoms with Crippen molar-refractivity contribution in [3.05, 3.63) is 29.8 Å². The number of hydrogen-bond acceptors (Lipinski definition) is 3. The molecule has 0 saturated heterocycles. The van der Waals surface area contributed by atoms with Crippen molar-refractivity contribution in [2.75, 3.05) is 34.0 Å². The average molecular weight is 241 g/mol. The predicted molar refractivity (Wildman–Crippen MR) is 66.3 cm³/mol. The minimum atomic E-state index is -0.352. The van der Waals surface area contributed by atoms with Crippen LogP contribution in [0.3, 0.4) is 0 Å². The molecule has 4 heteroatoms. The Morgan fingerprint density at radius 1 is 1.35 bits per heavy atom. The van der Waals surface area contributed by atoms with Crippen LogP contribution < -0.4 is 10.1 Å². The Kier molecular flexibility index (Phi) is 6.58. The first-order valence-corrected chi connectivity index (χ1v) is 5.72. The van der Waals surface area contributed by atoms with E-state index < -0.39 is 0 Å². The number of methoxy groups -OCH3 is 2. The van der Waals surface area contributed by atoms with Crippen molar-refractivity contribution in [1.82, 2.24) is 5.32 Å². The Morgan fingerprint density at radius 3 is 2.82 bits per heavy atom. The highest BCUT2D eigenvalue weighted by Crippen LogP contribution is 2.14. The van der Waals surface area contributed by atoms with Crippen molar-refractivity contribution in [2.45, 2.75) is 12.5 Å². The summed E-state index contributed by atoms with van der Waals surface area (Å²) >= 11 is 0. The van der Waals surface area contributed by atoms with Gasteiger partial charge in [-0.05, 0) is 24.1 Å². The number of hydrogen-bond donors (Lipinski definition) is 1. The van der Waals surface area contributed by atoms with E-state index in [2.05, 4.69) is 5.32 Å². The summed E-state index contributed by atoms with van der Waals surface area (Å²) in [6, 6.07) is 7.88. The Balaban J connectivity index is 2.48. The fraction of sp³-hybridized carbons (Fsp3) is 0.538. The molecule has 0 aliphatic rings. The van der Waals surface area contributed by atoms with E-state index in [1.54, 1.807) is 14.2 Å². The molecule has 0 amide bonds. The third-order valence-corrected chi connectivity index (χ3v) is 2.57. The van der Waals surface area contributed by atoms with E-state index in [9.17, 15) is 4.39 Å². The van der Waals surface area contributed by atoms with Crippen LogP contribution in [-0.2, 0) is 11.2 Å². The molecule has 0 heterocycles. The number of ether oxygens (including phenoxy) is 2. The molecule has 0 aliphatic carbocycles. The first kappa shape index (κ1) is 13.9. The van der Waals surface area contributed by atoms with Crippen LogP contribution in [0.1, 0.15) is 5.56 Å². The maximum Gasteiger partial charge on any atom is 0.119 e. The van der Waals surface area contributed by atoms with E-state index in [1.807, 2.05) is 24.3 Å². The molecule has 1 rings (SSSR count). The van der Waals surface area contributed by atoms with Crippen molar-refractivity contribution in [2.24, 2.45) is 0 Å². The molecule has 1 aromatic carbocycles. The fourth-order valence-electron chi connectivity index (χ4n) is 1.63. The highest BCUT2D eigenvalue weighted by Gasteiger charge is 2.08. The largest absolute Gasteiger partial charge is 0.497 e. The van der Waals surface area contributed by atoms with Gasteiger partial charge in [0, 0.05) is 20.2 Å². The zero-order valence-electron chi connectivity index (χ0n) is 10.4. The van der Waals surface area contributed by atoms with Gasteiger partial charge in [0.15, 0.2) is 0 Å². The normalized spacial score (nSPS) is 12.4. The molecule has 0 saturated carbocycles. The van der Waals surface area contributed by atoms with Crippen molar-refractivity contribution in [1.29, 1.82) is 0 Å². The summed E-state index contributed by atoms with van der Waals surface area (Å²) in [5.41, 5.74) is 1.15. The van der Waals surface area contributed by atoms with Gasteiger partial charge in [0.2, 0.25) is 0 Å². The van der Waals surface area contributed by atoms with Crippen LogP contribution in [0.4, 0.5) is 4.39 Å². The quantitative estimate of drug-likeness (QED) is 0.704. The van der Waals surface area contributed by atoms with Crippen LogP contribution in [0.15, 0.2) is 24.3 Å². The summed E-state index contributed by atoms with van der Waals surface area (Å²) in [4.78, 5) is 0. The second kappa shape index (κ2) is 8.03. The molecule has 96 valence electrons. The second-order valence-electron chi connectivity index (χ2n) is 3.81. The molecule has 0 spiro atoms. The fourth-order valence-corrected chi connectivity index (χ4v) is 1.63. The third kappa shape index (κ3) is 5.15. The van der Waals surface area contributed by atoms with Crippen molar-refractivity contribution in [3.63, 3.8) is 0 Å². The van der Waals surface area contributed by atoms with Crippen LogP contribution in [0.2, 0.25) is 0 Å². The SMILES string of the molecule is COc1cccc(CC(CNCCF)OC)c1. The lowest BCUT2D eigenvalue weighted by molar-refractivity contribution is 0.102. The Bertz CT molecular complexity index is 320. The maximum absolute atomic E-state index is 12.0. The van der Waals surface area contributed by atoms with Crippen LogP contribution in [-0.4, -0.2) is 40.1 Å². The van der Waals surface area contributed by atoms with Crippen molar-refractivity contribution >= 4 is 0 Å². The first-order valence-electron chi connectivity index (χ1n) is 5.72. The van der Waals surface area contributed by atoms with E-state index in [0.717, 1.165) is 17.7 Å². The van der Waals surface area contributed by atoms with E-state index in [4.69, 9.17) is 9.47 Å². The van der Waals surface area contributed by atoms with Gasteiger partial charge in [0.05, 0.1) is 13.2 Å². The zero-order chi connectivity index (χ0) is 12.5. The minimum absolute atomic E-state index is 0.0497. The van der Waals surface area contributed by atoms with Crippen LogP contribution in [0.25, 0.3) is 0 Å². The van der Waals surface area contributed by atoms with Gasteiger partial charge in [-0.1, -0.05) is 12.1 Å². The Morgan fingerprint density at radius 2 is 2.18 bits per heavy atom.